The van der Waals surface area contributed by atoms with E-state index < -0.39 is 10.0 Å². The van der Waals surface area contributed by atoms with Gasteiger partial charge in [0.25, 0.3) is 0 Å². The summed E-state index contributed by atoms with van der Waals surface area (Å²) in [5.41, 5.74) is 5.60. The summed E-state index contributed by atoms with van der Waals surface area (Å²) in [4.78, 5) is 0.0715. The van der Waals surface area contributed by atoms with Crippen LogP contribution in [0, 0.1) is 0 Å². The predicted molar refractivity (Wildman–Crippen MR) is 90.0 cm³/mol. The first-order valence-electron chi connectivity index (χ1n) is 6.60. The Hall–Kier alpha value is -2.44. The van der Waals surface area contributed by atoms with Gasteiger partial charge in [-0.15, -0.1) is 0 Å². The van der Waals surface area contributed by atoms with E-state index in [-0.39, 0.29) is 4.90 Å². The van der Waals surface area contributed by atoms with Crippen molar-refractivity contribution in [2.75, 3.05) is 5.43 Å². The van der Waals surface area contributed by atoms with E-state index in [9.17, 15) is 8.42 Å². The lowest BCUT2D eigenvalue weighted by Crippen LogP contribution is -2.11. The van der Waals surface area contributed by atoms with E-state index >= 15 is 0 Å². The Morgan fingerprint density at radius 2 is 1.73 bits per heavy atom. The Labute approximate surface area is 130 Å². The molecule has 0 atom stereocenters. The van der Waals surface area contributed by atoms with Crippen LogP contribution in [0.25, 0.3) is 6.08 Å². The fraction of sp³-hybridized carbons (Fsp3) is 0.0625. The van der Waals surface area contributed by atoms with Gasteiger partial charge in [0.2, 0.25) is 10.0 Å². The minimum absolute atomic E-state index is 0.0715. The zero-order valence-corrected chi connectivity index (χ0v) is 12.9. The van der Waals surface area contributed by atoms with Crippen LogP contribution < -0.4 is 10.6 Å². The maximum atomic E-state index is 11.1. The van der Waals surface area contributed by atoms with Gasteiger partial charge in [-0.1, -0.05) is 36.4 Å². The molecule has 0 radical (unpaired) electrons. The van der Waals surface area contributed by atoms with Crippen LogP contribution in [0.3, 0.4) is 0 Å². The average Bonchev–Trinajstić information content (AvgIpc) is 2.48. The van der Waals surface area contributed by atoms with E-state index in [2.05, 4.69) is 10.5 Å². The Morgan fingerprint density at radius 1 is 1.09 bits per heavy atom. The lowest BCUT2D eigenvalue weighted by atomic mass is 10.1. The van der Waals surface area contributed by atoms with Crippen molar-refractivity contribution in [3.05, 3.63) is 65.7 Å². The molecule has 5 nitrogen and oxygen atoms in total. The summed E-state index contributed by atoms with van der Waals surface area (Å²) in [7, 11) is -3.66. The minimum atomic E-state index is -3.66. The number of benzene rings is 2. The molecule has 0 saturated heterocycles. The lowest BCUT2D eigenvalue weighted by Gasteiger charge is -2.02. The molecule has 114 valence electrons. The first-order chi connectivity index (χ1) is 10.4. The monoisotopic (exact) mass is 315 g/mol. The fourth-order valence-electron chi connectivity index (χ4n) is 1.78. The molecule has 2 aromatic rings. The number of sulfonamides is 1. The van der Waals surface area contributed by atoms with Crippen LogP contribution in [0.15, 0.2) is 70.2 Å². The second-order valence-electron chi connectivity index (χ2n) is 4.74. The molecule has 0 aliphatic heterocycles. The van der Waals surface area contributed by atoms with Crippen LogP contribution in [0.2, 0.25) is 0 Å². The van der Waals surface area contributed by atoms with Crippen LogP contribution >= 0.6 is 0 Å². The standard InChI is InChI=1S/C16H17N3O2S/c1-13(11-14-5-3-2-4-6-14)12-18-19-15-7-9-16(10-8-15)22(17,20)21/h2-12,19H,1H3,(H2,17,20,21). The number of nitrogens with two attached hydrogens (primary N) is 1. The van der Waals surface area contributed by atoms with Crippen molar-refractivity contribution < 1.29 is 8.42 Å². The van der Waals surface area contributed by atoms with Crippen LogP contribution in [0.5, 0.6) is 0 Å². The molecule has 0 bridgehead atoms. The molecule has 2 aromatic carbocycles. The third kappa shape index (κ3) is 4.83. The van der Waals surface area contributed by atoms with Crippen molar-refractivity contribution >= 4 is 28.0 Å². The molecule has 0 unspecified atom stereocenters. The van der Waals surface area contributed by atoms with Crippen molar-refractivity contribution in [3.63, 3.8) is 0 Å². The van der Waals surface area contributed by atoms with E-state index in [1.807, 2.05) is 43.3 Å². The number of allylic oxidation sites excluding steroid dienone is 1. The molecule has 0 saturated carbocycles. The highest BCUT2D eigenvalue weighted by Crippen LogP contribution is 2.12. The quantitative estimate of drug-likeness (QED) is 0.657. The van der Waals surface area contributed by atoms with Gasteiger partial charge in [-0.3, -0.25) is 5.43 Å². The maximum absolute atomic E-state index is 11.1. The highest BCUT2D eigenvalue weighted by atomic mass is 32.2. The molecule has 22 heavy (non-hydrogen) atoms. The zero-order chi connectivity index (χ0) is 16.0. The summed E-state index contributed by atoms with van der Waals surface area (Å²) in [6, 6.07) is 16.0. The topological polar surface area (TPSA) is 84.5 Å². The maximum Gasteiger partial charge on any atom is 0.238 e. The van der Waals surface area contributed by atoms with Gasteiger partial charge in [0, 0.05) is 0 Å². The Kier molecular flexibility index (Phi) is 5.08. The lowest BCUT2D eigenvalue weighted by molar-refractivity contribution is 0.598. The summed E-state index contributed by atoms with van der Waals surface area (Å²) >= 11 is 0. The molecule has 2 rings (SSSR count). The third-order valence-corrected chi connectivity index (χ3v) is 3.77. The van der Waals surface area contributed by atoms with Gasteiger partial charge in [-0.05, 0) is 42.3 Å². The number of hydrogen-bond donors (Lipinski definition) is 2. The Morgan fingerprint density at radius 3 is 2.32 bits per heavy atom. The molecule has 3 N–H and O–H groups in total. The average molecular weight is 315 g/mol. The number of primary sulfonamides is 1. The summed E-state index contributed by atoms with van der Waals surface area (Å²) in [5, 5.41) is 9.14. The van der Waals surface area contributed by atoms with E-state index in [4.69, 9.17) is 5.14 Å². The molecular weight excluding hydrogens is 298 g/mol. The van der Waals surface area contributed by atoms with E-state index in [1.54, 1.807) is 18.3 Å². The molecular formula is C16H17N3O2S. The van der Waals surface area contributed by atoms with Crippen molar-refractivity contribution in [1.29, 1.82) is 0 Å². The van der Waals surface area contributed by atoms with Gasteiger partial charge >= 0.3 is 0 Å². The van der Waals surface area contributed by atoms with Crippen molar-refractivity contribution in [1.82, 2.24) is 0 Å². The molecule has 0 amide bonds. The van der Waals surface area contributed by atoms with Crippen LogP contribution in [0.4, 0.5) is 5.69 Å². The van der Waals surface area contributed by atoms with E-state index in [0.717, 1.165) is 11.1 Å². The molecule has 6 heteroatoms. The molecule has 0 fully saturated rings. The van der Waals surface area contributed by atoms with Gasteiger partial charge in [0.05, 0.1) is 16.8 Å². The number of anilines is 1. The largest absolute Gasteiger partial charge is 0.279 e. The van der Waals surface area contributed by atoms with Crippen LogP contribution in [0.1, 0.15) is 12.5 Å². The second-order valence-corrected chi connectivity index (χ2v) is 6.30. The minimum Gasteiger partial charge on any atom is -0.279 e. The highest BCUT2D eigenvalue weighted by Gasteiger charge is 2.05. The molecule has 0 heterocycles. The summed E-state index contributed by atoms with van der Waals surface area (Å²) in [6.45, 7) is 1.95. The summed E-state index contributed by atoms with van der Waals surface area (Å²) in [6.07, 6.45) is 3.70. The van der Waals surface area contributed by atoms with Gasteiger partial charge < -0.3 is 0 Å². The summed E-state index contributed by atoms with van der Waals surface area (Å²) in [5.74, 6) is 0. The number of nitrogens with zero attached hydrogens (tertiary/aromatic N) is 1. The summed E-state index contributed by atoms with van der Waals surface area (Å²) < 4.78 is 22.3. The Bertz CT molecular complexity index is 780. The third-order valence-electron chi connectivity index (χ3n) is 2.84. The van der Waals surface area contributed by atoms with Crippen molar-refractivity contribution in [3.8, 4) is 0 Å². The second kappa shape index (κ2) is 7.02. The van der Waals surface area contributed by atoms with E-state index in [1.165, 1.54) is 12.1 Å². The smallest absolute Gasteiger partial charge is 0.238 e. The number of rotatable bonds is 5. The number of nitrogens with one attached hydrogen (secondary N) is 1. The van der Waals surface area contributed by atoms with Crippen molar-refractivity contribution in [2.45, 2.75) is 11.8 Å². The number of hydrogen-bond acceptors (Lipinski definition) is 4. The number of hydrazone groups is 1. The molecule has 0 aromatic heterocycles. The predicted octanol–water partition coefficient (Wildman–Crippen LogP) is 2.84. The Balaban J connectivity index is 1.99. The van der Waals surface area contributed by atoms with Crippen LogP contribution in [-0.2, 0) is 10.0 Å². The van der Waals surface area contributed by atoms with Gasteiger partial charge in [-0.25, -0.2) is 13.6 Å². The van der Waals surface area contributed by atoms with E-state index in [0.29, 0.717) is 5.69 Å². The van der Waals surface area contributed by atoms with Gasteiger partial charge in [0.15, 0.2) is 0 Å². The van der Waals surface area contributed by atoms with Crippen LogP contribution in [-0.4, -0.2) is 14.6 Å². The van der Waals surface area contributed by atoms with Gasteiger partial charge in [0.1, 0.15) is 0 Å². The zero-order valence-electron chi connectivity index (χ0n) is 12.1. The first kappa shape index (κ1) is 15.9. The molecule has 0 aliphatic rings. The fourth-order valence-corrected chi connectivity index (χ4v) is 2.29. The van der Waals surface area contributed by atoms with Crippen molar-refractivity contribution in [2.24, 2.45) is 10.2 Å². The molecule has 0 aliphatic carbocycles. The normalized spacial score (nSPS) is 12.5. The first-order valence-corrected chi connectivity index (χ1v) is 8.15. The SMILES string of the molecule is CC(C=NNc1ccc(S(N)(=O)=O)cc1)=Cc1ccccc1. The highest BCUT2D eigenvalue weighted by molar-refractivity contribution is 7.89. The van der Waals surface area contributed by atoms with Gasteiger partial charge in [-0.2, -0.15) is 5.10 Å². The molecule has 0 spiro atoms.